The summed E-state index contributed by atoms with van der Waals surface area (Å²) in [4.78, 5) is 40.0. The molecule has 0 aliphatic rings. The van der Waals surface area contributed by atoms with Crippen LogP contribution in [0, 0.1) is 6.92 Å². The van der Waals surface area contributed by atoms with Crippen LogP contribution in [0.5, 0.6) is 5.75 Å². The summed E-state index contributed by atoms with van der Waals surface area (Å²) in [6.07, 6.45) is 0. The molecule has 2 aromatic carbocycles. The first kappa shape index (κ1) is 22.3. The van der Waals surface area contributed by atoms with Crippen molar-refractivity contribution >= 4 is 46.4 Å². The van der Waals surface area contributed by atoms with Crippen molar-refractivity contribution in [2.24, 2.45) is 5.73 Å². The lowest BCUT2D eigenvalue weighted by Crippen LogP contribution is -2.21. The molecule has 1 aromatic heterocycles. The molecule has 0 spiro atoms. The zero-order chi connectivity index (χ0) is 22.4. The van der Waals surface area contributed by atoms with Gasteiger partial charge in [-0.2, -0.15) is 0 Å². The predicted octanol–water partition coefficient (Wildman–Crippen LogP) is 3.58. The van der Waals surface area contributed by atoms with Crippen molar-refractivity contribution in [2.75, 3.05) is 11.9 Å². The molecule has 3 rings (SSSR count). The minimum Gasteiger partial charge on any atom is -0.486 e. The van der Waals surface area contributed by atoms with Crippen LogP contribution in [0.4, 0.5) is 5.69 Å². The Morgan fingerprint density at radius 3 is 2.42 bits per heavy atom. The van der Waals surface area contributed by atoms with Gasteiger partial charge in [0, 0.05) is 16.3 Å². The van der Waals surface area contributed by atoms with Gasteiger partial charge in [-0.05, 0) is 55.5 Å². The number of esters is 1. The van der Waals surface area contributed by atoms with Gasteiger partial charge in [-0.25, -0.2) is 9.78 Å². The number of ether oxygens (including phenoxy) is 2. The average molecular weight is 460 g/mol. The van der Waals surface area contributed by atoms with Crippen LogP contribution in [-0.2, 0) is 16.1 Å². The molecule has 3 aromatic rings. The van der Waals surface area contributed by atoms with Gasteiger partial charge in [0.1, 0.15) is 22.2 Å². The number of aromatic nitrogens is 1. The van der Waals surface area contributed by atoms with E-state index in [9.17, 15) is 14.4 Å². The van der Waals surface area contributed by atoms with E-state index in [2.05, 4.69) is 10.3 Å². The van der Waals surface area contributed by atoms with E-state index in [-0.39, 0.29) is 6.61 Å². The van der Waals surface area contributed by atoms with Gasteiger partial charge in [-0.15, -0.1) is 11.3 Å². The number of hydrogen-bond acceptors (Lipinski definition) is 7. The number of nitrogens with one attached hydrogen (secondary N) is 1. The number of thiazole rings is 1. The second-order valence-corrected chi connectivity index (χ2v) is 7.85. The maximum absolute atomic E-state index is 12.3. The number of anilines is 1. The van der Waals surface area contributed by atoms with Gasteiger partial charge in [-0.3, -0.25) is 9.59 Å². The van der Waals surface area contributed by atoms with E-state index in [4.69, 9.17) is 26.8 Å². The summed E-state index contributed by atoms with van der Waals surface area (Å²) < 4.78 is 10.7. The summed E-state index contributed by atoms with van der Waals surface area (Å²) in [7, 11) is 0. The lowest BCUT2D eigenvalue weighted by molar-refractivity contribution is -0.119. The molecule has 0 unspecified atom stereocenters. The summed E-state index contributed by atoms with van der Waals surface area (Å²) in [5, 5.41) is 3.77. The van der Waals surface area contributed by atoms with E-state index in [1.54, 1.807) is 31.2 Å². The van der Waals surface area contributed by atoms with Crippen LogP contribution in [0.2, 0.25) is 5.02 Å². The van der Waals surface area contributed by atoms with Gasteiger partial charge in [-0.1, -0.05) is 11.6 Å². The molecular weight excluding hydrogens is 442 g/mol. The minimum absolute atomic E-state index is 0.183. The monoisotopic (exact) mass is 459 g/mol. The fourth-order valence-corrected chi connectivity index (χ4v) is 3.49. The summed E-state index contributed by atoms with van der Waals surface area (Å²) in [6, 6.07) is 12.9. The minimum atomic E-state index is -0.646. The smallest absolute Gasteiger partial charge is 0.350 e. The highest BCUT2D eigenvalue weighted by Gasteiger charge is 2.18. The normalized spacial score (nSPS) is 10.4. The predicted molar refractivity (Wildman–Crippen MR) is 117 cm³/mol. The molecule has 3 N–H and O–H groups in total. The highest BCUT2D eigenvalue weighted by molar-refractivity contribution is 7.13. The Morgan fingerprint density at radius 1 is 1.10 bits per heavy atom. The molecule has 0 atom stereocenters. The maximum Gasteiger partial charge on any atom is 0.350 e. The molecule has 0 bridgehead atoms. The van der Waals surface area contributed by atoms with Crippen LogP contribution in [-0.4, -0.2) is 29.4 Å². The number of nitrogens with two attached hydrogens (primary N) is 1. The third-order valence-corrected chi connectivity index (χ3v) is 5.35. The molecule has 0 radical (unpaired) electrons. The molecule has 1 heterocycles. The van der Waals surface area contributed by atoms with Crippen molar-refractivity contribution in [2.45, 2.75) is 13.5 Å². The molecule has 0 fully saturated rings. The number of nitrogens with zero attached hydrogens (tertiary/aromatic N) is 1. The second kappa shape index (κ2) is 10.1. The molecule has 2 amide bonds. The molecule has 0 saturated carbocycles. The number of carbonyl (C=O) groups is 3. The second-order valence-electron chi connectivity index (χ2n) is 6.33. The number of amides is 2. The van der Waals surface area contributed by atoms with Crippen LogP contribution in [0.1, 0.15) is 30.7 Å². The number of carbonyl (C=O) groups excluding carboxylic acids is 3. The molecule has 0 aliphatic heterocycles. The molecule has 31 heavy (non-hydrogen) atoms. The van der Waals surface area contributed by atoms with E-state index in [0.29, 0.717) is 37.6 Å². The van der Waals surface area contributed by atoms with Crippen LogP contribution < -0.4 is 15.8 Å². The first-order valence-corrected chi connectivity index (χ1v) is 10.2. The summed E-state index contributed by atoms with van der Waals surface area (Å²) in [6.45, 7) is 1.39. The zero-order valence-corrected chi connectivity index (χ0v) is 18.0. The Labute approximate surface area is 186 Å². The number of aryl methyl sites for hydroxylation is 1. The van der Waals surface area contributed by atoms with Gasteiger partial charge in [0.25, 0.3) is 5.91 Å². The largest absolute Gasteiger partial charge is 0.486 e. The van der Waals surface area contributed by atoms with Crippen molar-refractivity contribution in [3.63, 3.8) is 0 Å². The number of rotatable bonds is 8. The molecular formula is C21H18ClN3O5S. The number of benzene rings is 2. The van der Waals surface area contributed by atoms with E-state index >= 15 is 0 Å². The lowest BCUT2D eigenvalue weighted by Gasteiger charge is -2.06. The van der Waals surface area contributed by atoms with Gasteiger partial charge in [0.15, 0.2) is 6.61 Å². The SMILES string of the molecule is Cc1nc(COc2ccc(Cl)cc2)sc1C(=O)OCC(=O)Nc1ccc(C(N)=O)cc1. The summed E-state index contributed by atoms with van der Waals surface area (Å²) >= 11 is 6.98. The van der Waals surface area contributed by atoms with E-state index in [1.807, 2.05) is 0 Å². The van der Waals surface area contributed by atoms with Crippen molar-refractivity contribution < 1.29 is 23.9 Å². The van der Waals surface area contributed by atoms with Crippen LogP contribution in [0.25, 0.3) is 0 Å². The quantitative estimate of drug-likeness (QED) is 0.497. The average Bonchev–Trinajstić information content (AvgIpc) is 3.12. The lowest BCUT2D eigenvalue weighted by atomic mass is 10.2. The van der Waals surface area contributed by atoms with E-state index < -0.39 is 24.4 Å². The van der Waals surface area contributed by atoms with Gasteiger partial charge in [0.2, 0.25) is 5.91 Å². The Morgan fingerprint density at radius 2 is 1.77 bits per heavy atom. The van der Waals surface area contributed by atoms with Gasteiger partial charge in [0.05, 0.1) is 5.69 Å². The molecule has 160 valence electrons. The molecule has 10 heteroatoms. The van der Waals surface area contributed by atoms with Crippen molar-refractivity contribution in [1.29, 1.82) is 0 Å². The fraction of sp³-hybridized carbons (Fsp3) is 0.143. The highest BCUT2D eigenvalue weighted by Crippen LogP contribution is 2.22. The summed E-state index contributed by atoms with van der Waals surface area (Å²) in [5.74, 6) is -1.10. The standard InChI is InChI=1S/C21H18ClN3O5S/c1-12-19(31-18(24-12)11-29-16-8-4-14(22)5-9-16)21(28)30-10-17(26)25-15-6-2-13(3-7-15)20(23)27/h2-9H,10-11H2,1H3,(H2,23,27)(H,25,26). The van der Waals surface area contributed by atoms with Crippen LogP contribution in [0.3, 0.4) is 0 Å². The number of hydrogen-bond donors (Lipinski definition) is 2. The Balaban J connectivity index is 1.51. The third kappa shape index (κ3) is 6.27. The first-order valence-electron chi connectivity index (χ1n) is 9.03. The molecule has 8 nitrogen and oxygen atoms in total. The summed E-state index contributed by atoms with van der Waals surface area (Å²) in [5.41, 5.74) is 6.43. The van der Waals surface area contributed by atoms with Gasteiger partial charge >= 0.3 is 5.97 Å². The third-order valence-electron chi connectivity index (χ3n) is 3.99. The number of halogens is 1. The Bertz CT molecular complexity index is 1100. The Hall–Kier alpha value is -3.43. The van der Waals surface area contributed by atoms with E-state index in [1.165, 1.54) is 24.3 Å². The van der Waals surface area contributed by atoms with Gasteiger partial charge < -0.3 is 20.5 Å². The maximum atomic E-state index is 12.3. The van der Waals surface area contributed by atoms with Crippen LogP contribution >= 0.6 is 22.9 Å². The van der Waals surface area contributed by atoms with Crippen molar-refractivity contribution in [3.8, 4) is 5.75 Å². The fourth-order valence-electron chi connectivity index (χ4n) is 2.49. The highest BCUT2D eigenvalue weighted by atomic mass is 35.5. The van der Waals surface area contributed by atoms with Crippen molar-refractivity contribution in [1.82, 2.24) is 4.98 Å². The molecule has 0 aliphatic carbocycles. The molecule has 0 saturated heterocycles. The topological polar surface area (TPSA) is 121 Å². The van der Waals surface area contributed by atoms with E-state index in [0.717, 1.165) is 11.3 Å². The van der Waals surface area contributed by atoms with Crippen molar-refractivity contribution in [3.05, 3.63) is 74.7 Å². The zero-order valence-electron chi connectivity index (χ0n) is 16.4. The van der Waals surface area contributed by atoms with Crippen LogP contribution in [0.15, 0.2) is 48.5 Å². The first-order chi connectivity index (χ1) is 14.8. The number of primary amides is 1. The Kier molecular flexibility index (Phi) is 7.22.